The molecular formula is C17H23F2NO3. The number of carboxylic acids is 1. The van der Waals surface area contributed by atoms with E-state index in [9.17, 15) is 18.4 Å². The molecule has 0 aliphatic rings. The lowest BCUT2D eigenvalue weighted by Gasteiger charge is -2.25. The second-order valence-electron chi connectivity index (χ2n) is 6.13. The summed E-state index contributed by atoms with van der Waals surface area (Å²) in [6.45, 7) is 6.07. The van der Waals surface area contributed by atoms with Gasteiger partial charge in [-0.05, 0) is 29.5 Å². The molecule has 6 heteroatoms. The number of halogens is 2. The van der Waals surface area contributed by atoms with E-state index in [1.54, 1.807) is 0 Å². The van der Waals surface area contributed by atoms with Gasteiger partial charge in [0.2, 0.25) is 5.91 Å². The van der Waals surface area contributed by atoms with E-state index in [-0.39, 0.29) is 31.3 Å². The molecule has 1 aromatic rings. The molecule has 128 valence electrons. The maximum Gasteiger partial charge on any atom is 0.305 e. The fraction of sp³-hybridized carbons (Fsp3) is 0.529. The Hall–Kier alpha value is -1.98. The van der Waals surface area contributed by atoms with Crippen LogP contribution in [-0.4, -0.2) is 28.4 Å². The first-order valence-electron chi connectivity index (χ1n) is 7.64. The van der Waals surface area contributed by atoms with Gasteiger partial charge in [-0.2, -0.15) is 0 Å². The van der Waals surface area contributed by atoms with Crippen molar-refractivity contribution in [2.24, 2.45) is 11.8 Å². The molecule has 0 aliphatic carbocycles. The minimum atomic E-state index is -1.01. The van der Waals surface area contributed by atoms with Crippen molar-refractivity contribution < 1.29 is 23.5 Å². The fourth-order valence-corrected chi connectivity index (χ4v) is 2.02. The Kier molecular flexibility index (Phi) is 7.13. The fourth-order valence-electron chi connectivity index (χ4n) is 2.02. The largest absolute Gasteiger partial charge is 0.481 e. The number of hydrogen-bond donors (Lipinski definition) is 1. The molecule has 0 aromatic heterocycles. The van der Waals surface area contributed by atoms with E-state index in [2.05, 4.69) is 0 Å². The molecule has 1 aromatic carbocycles. The molecule has 0 spiro atoms. The maximum atomic E-state index is 13.3. The minimum absolute atomic E-state index is 0.0397. The highest BCUT2D eigenvalue weighted by Crippen LogP contribution is 2.18. The Balaban J connectivity index is 2.84. The number of carbonyl (C=O) groups is 2. The van der Waals surface area contributed by atoms with Crippen LogP contribution in [0.25, 0.3) is 0 Å². The number of nitrogens with zero attached hydrogens (tertiary/aromatic N) is 1. The molecule has 1 amide bonds. The summed E-state index contributed by atoms with van der Waals surface area (Å²) in [7, 11) is 0. The van der Waals surface area contributed by atoms with Crippen LogP contribution in [0, 0.1) is 23.5 Å². The number of rotatable bonds is 8. The van der Waals surface area contributed by atoms with Gasteiger partial charge in [-0.3, -0.25) is 9.59 Å². The molecule has 1 rings (SSSR count). The van der Waals surface area contributed by atoms with E-state index < -0.39 is 17.6 Å². The molecule has 0 aliphatic heterocycles. The van der Waals surface area contributed by atoms with Gasteiger partial charge in [0.1, 0.15) is 0 Å². The van der Waals surface area contributed by atoms with Crippen molar-refractivity contribution in [2.45, 2.75) is 40.2 Å². The summed E-state index contributed by atoms with van der Waals surface area (Å²) in [5.74, 6) is -2.65. The molecule has 0 radical (unpaired) electrons. The molecule has 1 atom stereocenters. The first kappa shape index (κ1) is 19.1. The number of carboxylic acid groups (broad SMARTS) is 1. The Bertz CT molecular complexity index is 561. The van der Waals surface area contributed by atoms with Crippen molar-refractivity contribution in [3.05, 3.63) is 35.4 Å². The maximum absolute atomic E-state index is 13.3. The van der Waals surface area contributed by atoms with E-state index in [4.69, 9.17) is 5.11 Å². The van der Waals surface area contributed by atoms with Gasteiger partial charge in [0.25, 0.3) is 0 Å². The number of hydrogen-bond acceptors (Lipinski definition) is 2. The topological polar surface area (TPSA) is 57.6 Å². The average molecular weight is 327 g/mol. The van der Waals surface area contributed by atoms with Crippen molar-refractivity contribution in [2.75, 3.05) is 6.54 Å². The quantitative estimate of drug-likeness (QED) is 0.795. The third-order valence-electron chi connectivity index (χ3n) is 3.94. The lowest BCUT2D eigenvalue weighted by molar-refractivity contribution is -0.139. The second kappa shape index (κ2) is 8.60. The molecule has 0 heterocycles. The van der Waals surface area contributed by atoms with Crippen LogP contribution in [0.1, 0.15) is 39.2 Å². The molecule has 4 nitrogen and oxygen atoms in total. The van der Waals surface area contributed by atoms with Gasteiger partial charge in [0, 0.05) is 19.5 Å². The number of aliphatic carboxylic acids is 1. The Morgan fingerprint density at radius 2 is 1.83 bits per heavy atom. The van der Waals surface area contributed by atoms with Crippen molar-refractivity contribution in [3.8, 4) is 0 Å². The predicted octanol–water partition coefficient (Wildman–Crippen LogP) is 3.45. The highest BCUT2D eigenvalue weighted by molar-refractivity contribution is 5.77. The standard InChI is InChI=1S/C17H23F2NO3/c1-11(2)12(3)8-16(21)20(7-6-17(22)23)10-13-4-5-14(18)15(19)9-13/h4-5,9,11-12H,6-8,10H2,1-3H3,(H,22,23). The first-order chi connectivity index (χ1) is 10.7. The summed E-state index contributed by atoms with van der Waals surface area (Å²) in [6, 6.07) is 3.43. The molecule has 1 unspecified atom stereocenters. The molecule has 1 N–H and O–H groups in total. The van der Waals surface area contributed by atoms with Crippen LogP contribution in [0.15, 0.2) is 18.2 Å². The van der Waals surface area contributed by atoms with Crippen LogP contribution in [0.4, 0.5) is 8.78 Å². The van der Waals surface area contributed by atoms with E-state index in [1.165, 1.54) is 11.0 Å². The molecule has 0 fully saturated rings. The Morgan fingerprint density at radius 1 is 1.17 bits per heavy atom. The Morgan fingerprint density at radius 3 is 2.35 bits per heavy atom. The zero-order chi connectivity index (χ0) is 17.6. The number of amides is 1. The molecular weight excluding hydrogens is 304 g/mol. The van der Waals surface area contributed by atoms with Gasteiger partial charge in [-0.15, -0.1) is 0 Å². The van der Waals surface area contributed by atoms with Gasteiger partial charge >= 0.3 is 5.97 Å². The minimum Gasteiger partial charge on any atom is -0.481 e. The van der Waals surface area contributed by atoms with Crippen molar-refractivity contribution in [1.29, 1.82) is 0 Å². The average Bonchev–Trinajstić information content (AvgIpc) is 2.46. The zero-order valence-corrected chi connectivity index (χ0v) is 13.7. The normalized spacial score (nSPS) is 12.3. The van der Waals surface area contributed by atoms with Crippen LogP contribution in [-0.2, 0) is 16.1 Å². The summed E-state index contributed by atoms with van der Waals surface area (Å²) in [4.78, 5) is 24.5. The van der Waals surface area contributed by atoms with Crippen LogP contribution < -0.4 is 0 Å². The van der Waals surface area contributed by atoms with Crippen molar-refractivity contribution in [3.63, 3.8) is 0 Å². The highest BCUT2D eigenvalue weighted by atomic mass is 19.2. The van der Waals surface area contributed by atoms with Gasteiger partial charge in [0.15, 0.2) is 11.6 Å². The molecule has 0 saturated carbocycles. The van der Waals surface area contributed by atoms with E-state index in [0.717, 1.165) is 12.1 Å². The van der Waals surface area contributed by atoms with E-state index in [1.807, 2.05) is 20.8 Å². The lowest BCUT2D eigenvalue weighted by Crippen LogP contribution is -2.34. The van der Waals surface area contributed by atoms with E-state index >= 15 is 0 Å². The zero-order valence-electron chi connectivity index (χ0n) is 13.7. The van der Waals surface area contributed by atoms with Crippen molar-refractivity contribution >= 4 is 11.9 Å². The summed E-state index contributed by atoms with van der Waals surface area (Å²) >= 11 is 0. The second-order valence-corrected chi connectivity index (χ2v) is 6.13. The smallest absolute Gasteiger partial charge is 0.305 e. The molecule has 0 saturated heterocycles. The Labute approximate surface area is 135 Å². The van der Waals surface area contributed by atoms with Gasteiger partial charge in [-0.1, -0.05) is 26.8 Å². The predicted molar refractivity (Wildman–Crippen MR) is 82.6 cm³/mol. The monoisotopic (exact) mass is 327 g/mol. The van der Waals surface area contributed by atoms with Gasteiger partial charge < -0.3 is 10.0 Å². The van der Waals surface area contributed by atoms with Crippen LogP contribution in [0.2, 0.25) is 0 Å². The summed E-state index contributed by atoms with van der Waals surface area (Å²) in [6.07, 6.45) is 0.104. The summed E-state index contributed by atoms with van der Waals surface area (Å²) in [5.41, 5.74) is 0.430. The summed E-state index contributed by atoms with van der Waals surface area (Å²) < 4.78 is 26.3. The number of carbonyl (C=O) groups excluding carboxylic acids is 1. The van der Waals surface area contributed by atoms with E-state index in [0.29, 0.717) is 17.9 Å². The molecule has 0 bridgehead atoms. The SMILES string of the molecule is CC(C)C(C)CC(=O)N(CCC(=O)O)Cc1ccc(F)c(F)c1. The highest BCUT2D eigenvalue weighted by Gasteiger charge is 2.20. The lowest BCUT2D eigenvalue weighted by atomic mass is 9.94. The van der Waals surface area contributed by atoms with Gasteiger partial charge in [0.05, 0.1) is 6.42 Å². The third-order valence-corrected chi connectivity index (χ3v) is 3.94. The first-order valence-corrected chi connectivity index (χ1v) is 7.64. The molecule has 23 heavy (non-hydrogen) atoms. The van der Waals surface area contributed by atoms with Crippen LogP contribution in [0.5, 0.6) is 0 Å². The van der Waals surface area contributed by atoms with Crippen LogP contribution >= 0.6 is 0 Å². The van der Waals surface area contributed by atoms with Crippen LogP contribution in [0.3, 0.4) is 0 Å². The summed E-state index contributed by atoms with van der Waals surface area (Å²) in [5, 5.41) is 8.81. The number of benzene rings is 1. The van der Waals surface area contributed by atoms with Crippen molar-refractivity contribution in [1.82, 2.24) is 4.90 Å². The van der Waals surface area contributed by atoms with Gasteiger partial charge in [-0.25, -0.2) is 8.78 Å². The third kappa shape index (κ3) is 6.34.